The number of hydrogen-bond acceptors (Lipinski definition) is 7. The molecule has 2 rings (SSSR count). The zero-order chi connectivity index (χ0) is 20.2. The summed E-state index contributed by atoms with van der Waals surface area (Å²) in [6, 6.07) is 4.10. The highest BCUT2D eigenvalue weighted by atomic mass is 16.5. The lowest BCUT2D eigenvalue weighted by Crippen LogP contribution is -2.40. The number of methoxy groups -OCH3 is 2. The van der Waals surface area contributed by atoms with Crippen LogP contribution >= 0.6 is 0 Å². The van der Waals surface area contributed by atoms with Gasteiger partial charge in [0.15, 0.2) is 6.61 Å². The summed E-state index contributed by atoms with van der Waals surface area (Å²) in [7, 11) is 2.90. The van der Waals surface area contributed by atoms with E-state index in [1.54, 1.807) is 26.0 Å². The lowest BCUT2D eigenvalue weighted by atomic mass is 10.1. The maximum Gasteiger partial charge on any atom is 0.325 e. The minimum absolute atomic E-state index is 0.118. The number of hydrogen-bond donors (Lipinski definition) is 1. The minimum atomic E-state index is -0.998. The van der Waals surface area contributed by atoms with E-state index in [9.17, 15) is 19.2 Å². The van der Waals surface area contributed by atoms with E-state index in [1.165, 1.54) is 20.3 Å². The van der Waals surface area contributed by atoms with Gasteiger partial charge < -0.3 is 19.5 Å². The summed E-state index contributed by atoms with van der Waals surface area (Å²) in [5.74, 6) is -0.728. The van der Waals surface area contributed by atoms with E-state index < -0.39 is 35.8 Å². The number of nitrogens with one attached hydrogen (secondary N) is 1. The molecule has 0 unspecified atom stereocenters. The largest absolute Gasteiger partial charge is 0.497 e. The Kier molecular flexibility index (Phi) is 6.04. The van der Waals surface area contributed by atoms with E-state index in [0.29, 0.717) is 11.5 Å². The summed E-state index contributed by atoms with van der Waals surface area (Å²) in [5.41, 5.74) is -0.746. The molecular weight excluding hydrogens is 356 g/mol. The van der Waals surface area contributed by atoms with Gasteiger partial charge in [-0.1, -0.05) is 0 Å². The molecule has 1 heterocycles. The predicted molar refractivity (Wildman–Crippen MR) is 93.8 cm³/mol. The molecule has 9 heteroatoms. The van der Waals surface area contributed by atoms with Crippen LogP contribution in [0.15, 0.2) is 18.2 Å². The topological polar surface area (TPSA) is 111 Å². The number of imide groups is 1. The summed E-state index contributed by atoms with van der Waals surface area (Å²) in [4.78, 5) is 48.9. The zero-order valence-electron chi connectivity index (χ0n) is 15.7. The molecule has 1 aromatic carbocycles. The smallest absolute Gasteiger partial charge is 0.325 e. The second kappa shape index (κ2) is 8.07. The van der Waals surface area contributed by atoms with Crippen LogP contribution < -0.4 is 14.8 Å². The molecule has 27 heavy (non-hydrogen) atoms. The Labute approximate surface area is 156 Å². The normalized spacial score (nSPS) is 15.3. The summed E-state index contributed by atoms with van der Waals surface area (Å²) >= 11 is 0. The lowest BCUT2D eigenvalue weighted by molar-refractivity contribution is -0.143. The number of urea groups is 1. The van der Waals surface area contributed by atoms with Crippen molar-refractivity contribution in [2.24, 2.45) is 0 Å². The molecule has 1 N–H and O–H groups in total. The van der Waals surface area contributed by atoms with Crippen molar-refractivity contribution in [2.75, 3.05) is 27.4 Å². The van der Waals surface area contributed by atoms with E-state index >= 15 is 0 Å². The average molecular weight is 378 g/mol. The van der Waals surface area contributed by atoms with E-state index in [-0.39, 0.29) is 18.5 Å². The van der Waals surface area contributed by atoms with Gasteiger partial charge in [0.05, 0.1) is 26.2 Å². The van der Waals surface area contributed by atoms with Crippen LogP contribution in [0.1, 0.15) is 30.6 Å². The standard InChI is InChI=1S/C18H22N2O7/c1-18(2)16(23)20(17(24)19-18)8-7-15(22)27-10-13(21)12-6-5-11(25-3)9-14(12)26-4/h5-6,9H,7-8,10H2,1-4H3,(H,19,24). The number of nitrogens with zero attached hydrogens (tertiary/aromatic N) is 1. The quantitative estimate of drug-likeness (QED) is 0.410. The number of benzene rings is 1. The Morgan fingerprint density at radius 2 is 1.85 bits per heavy atom. The van der Waals surface area contributed by atoms with Gasteiger partial charge in [0.25, 0.3) is 5.91 Å². The van der Waals surface area contributed by atoms with Crippen molar-refractivity contribution in [1.29, 1.82) is 0 Å². The molecule has 0 spiro atoms. The van der Waals surface area contributed by atoms with Crippen molar-refractivity contribution in [2.45, 2.75) is 25.8 Å². The Morgan fingerprint density at radius 1 is 1.15 bits per heavy atom. The molecule has 0 saturated carbocycles. The molecule has 1 aliphatic heterocycles. The number of carbonyl (C=O) groups is 4. The van der Waals surface area contributed by atoms with Gasteiger partial charge >= 0.3 is 12.0 Å². The molecule has 0 radical (unpaired) electrons. The van der Waals surface area contributed by atoms with Crippen molar-refractivity contribution in [3.8, 4) is 11.5 Å². The zero-order valence-corrected chi connectivity index (χ0v) is 15.7. The van der Waals surface area contributed by atoms with Crippen LogP contribution in [0.4, 0.5) is 4.79 Å². The molecule has 0 bridgehead atoms. The van der Waals surface area contributed by atoms with Gasteiger partial charge in [-0.3, -0.25) is 19.3 Å². The number of Topliss-reactive ketones (excluding diaryl/α,β-unsaturated/α-hetero) is 1. The molecule has 1 aromatic rings. The van der Waals surface area contributed by atoms with Crippen molar-refractivity contribution >= 4 is 23.7 Å². The van der Waals surface area contributed by atoms with Gasteiger partial charge in [-0.15, -0.1) is 0 Å². The van der Waals surface area contributed by atoms with E-state index in [0.717, 1.165) is 4.90 Å². The number of carbonyl (C=O) groups excluding carboxylic acids is 4. The van der Waals surface area contributed by atoms with Crippen LogP contribution in [0.3, 0.4) is 0 Å². The Hall–Kier alpha value is -3.10. The van der Waals surface area contributed by atoms with Gasteiger partial charge in [-0.25, -0.2) is 4.79 Å². The van der Waals surface area contributed by atoms with Crippen LogP contribution in [0.5, 0.6) is 11.5 Å². The first-order chi connectivity index (χ1) is 12.7. The Bertz CT molecular complexity index is 773. The van der Waals surface area contributed by atoms with Crippen LogP contribution in [0.25, 0.3) is 0 Å². The lowest BCUT2D eigenvalue weighted by Gasteiger charge is -2.15. The molecule has 1 aliphatic rings. The average Bonchev–Trinajstić information content (AvgIpc) is 2.84. The number of ether oxygens (including phenoxy) is 3. The fraction of sp³-hybridized carbons (Fsp3) is 0.444. The molecule has 9 nitrogen and oxygen atoms in total. The molecule has 1 saturated heterocycles. The van der Waals surface area contributed by atoms with Gasteiger partial charge in [-0.05, 0) is 26.0 Å². The first-order valence-corrected chi connectivity index (χ1v) is 8.24. The maximum atomic E-state index is 12.3. The Balaban J connectivity index is 1.88. The fourth-order valence-corrected chi connectivity index (χ4v) is 2.55. The summed E-state index contributed by atoms with van der Waals surface area (Å²) in [6.45, 7) is 2.55. The summed E-state index contributed by atoms with van der Waals surface area (Å²) in [6.07, 6.45) is -0.206. The molecule has 0 aromatic heterocycles. The highest BCUT2D eigenvalue weighted by Gasteiger charge is 2.44. The monoisotopic (exact) mass is 378 g/mol. The van der Waals surface area contributed by atoms with Crippen molar-refractivity contribution < 1.29 is 33.4 Å². The SMILES string of the molecule is COc1ccc(C(=O)COC(=O)CCN2C(=O)NC(C)(C)C2=O)c(OC)c1. The van der Waals surface area contributed by atoms with E-state index in [4.69, 9.17) is 14.2 Å². The van der Waals surface area contributed by atoms with Crippen LogP contribution in [-0.2, 0) is 14.3 Å². The molecule has 3 amide bonds. The molecule has 0 atom stereocenters. The second-order valence-electron chi connectivity index (χ2n) is 6.41. The highest BCUT2D eigenvalue weighted by Crippen LogP contribution is 2.25. The van der Waals surface area contributed by atoms with Gasteiger partial charge in [0.2, 0.25) is 5.78 Å². The Morgan fingerprint density at radius 3 is 2.41 bits per heavy atom. The second-order valence-corrected chi connectivity index (χ2v) is 6.41. The maximum absolute atomic E-state index is 12.3. The molecule has 1 fully saturated rings. The summed E-state index contributed by atoms with van der Waals surface area (Å²) in [5, 5.41) is 2.52. The third-order valence-corrected chi connectivity index (χ3v) is 4.06. The molecule has 146 valence electrons. The first-order valence-electron chi connectivity index (χ1n) is 8.24. The summed E-state index contributed by atoms with van der Waals surface area (Å²) < 4.78 is 15.2. The third kappa shape index (κ3) is 4.55. The minimum Gasteiger partial charge on any atom is -0.497 e. The van der Waals surface area contributed by atoms with Crippen LogP contribution in [0, 0.1) is 0 Å². The van der Waals surface area contributed by atoms with Crippen LogP contribution in [0.2, 0.25) is 0 Å². The van der Waals surface area contributed by atoms with Gasteiger partial charge in [0.1, 0.15) is 17.0 Å². The number of rotatable bonds is 8. The number of esters is 1. The van der Waals surface area contributed by atoms with Gasteiger partial charge in [-0.2, -0.15) is 0 Å². The van der Waals surface area contributed by atoms with E-state index in [2.05, 4.69) is 5.32 Å². The van der Waals surface area contributed by atoms with Crippen LogP contribution in [-0.4, -0.2) is 61.5 Å². The number of amides is 3. The molecular formula is C18H22N2O7. The third-order valence-electron chi connectivity index (χ3n) is 4.06. The van der Waals surface area contributed by atoms with Crippen molar-refractivity contribution in [1.82, 2.24) is 10.2 Å². The van der Waals surface area contributed by atoms with Crippen molar-refractivity contribution in [3.63, 3.8) is 0 Å². The highest BCUT2D eigenvalue weighted by molar-refractivity contribution is 6.06. The van der Waals surface area contributed by atoms with Gasteiger partial charge in [0, 0.05) is 12.6 Å². The molecule has 0 aliphatic carbocycles. The fourth-order valence-electron chi connectivity index (χ4n) is 2.55. The number of ketones is 1. The van der Waals surface area contributed by atoms with Crippen molar-refractivity contribution in [3.05, 3.63) is 23.8 Å². The first kappa shape index (κ1) is 20.2. The van der Waals surface area contributed by atoms with E-state index in [1.807, 2.05) is 0 Å². The predicted octanol–water partition coefficient (Wildman–Crippen LogP) is 1.15.